The number of halogens is 1. The third-order valence-corrected chi connectivity index (χ3v) is 3.73. The van der Waals surface area contributed by atoms with Crippen LogP contribution in [0.1, 0.15) is 19.4 Å². The minimum Gasteiger partial charge on any atom is -0.310 e. The molecule has 0 unspecified atom stereocenters. The summed E-state index contributed by atoms with van der Waals surface area (Å²) in [6.07, 6.45) is 3.52. The number of hydrogen-bond donors (Lipinski definition) is 1. The summed E-state index contributed by atoms with van der Waals surface area (Å²) < 4.78 is 13.4. The normalized spacial score (nSPS) is 10.9. The van der Waals surface area contributed by atoms with Gasteiger partial charge in [0, 0.05) is 34.8 Å². The maximum absolute atomic E-state index is 13.4. The molecule has 0 amide bonds. The van der Waals surface area contributed by atoms with Crippen molar-refractivity contribution in [3.63, 3.8) is 0 Å². The van der Waals surface area contributed by atoms with Crippen molar-refractivity contribution < 1.29 is 4.39 Å². The Morgan fingerprint density at radius 1 is 1.21 bits per heavy atom. The van der Waals surface area contributed by atoms with E-state index in [-0.39, 0.29) is 5.82 Å². The summed E-state index contributed by atoms with van der Waals surface area (Å²) in [7, 11) is 0. The molecule has 0 saturated heterocycles. The lowest BCUT2D eigenvalue weighted by Crippen LogP contribution is -2.22. The van der Waals surface area contributed by atoms with E-state index in [9.17, 15) is 4.39 Å². The van der Waals surface area contributed by atoms with Gasteiger partial charge >= 0.3 is 0 Å². The van der Waals surface area contributed by atoms with Crippen LogP contribution in [0.15, 0.2) is 52.5 Å². The van der Waals surface area contributed by atoms with Crippen LogP contribution in [0, 0.1) is 5.82 Å². The quantitative estimate of drug-likeness (QED) is 0.897. The summed E-state index contributed by atoms with van der Waals surface area (Å²) in [5, 5.41) is 3.32. The molecule has 0 aliphatic rings. The summed E-state index contributed by atoms with van der Waals surface area (Å²) in [5.41, 5.74) is 0.982. The Bertz CT molecular complexity index is 529. The van der Waals surface area contributed by atoms with E-state index in [1.165, 1.54) is 6.07 Å². The average molecular weight is 276 g/mol. The lowest BCUT2D eigenvalue weighted by atomic mass is 10.2. The van der Waals surface area contributed by atoms with Gasteiger partial charge in [-0.1, -0.05) is 25.6 Å². The highest BCUT2D eigenvalue weighted by atomic mass is 32.2. The topological polar surface area (TPSA) is 24.9 Å². The molecule has 1 aromatic carbocycles. The molecule has 4 heteroatoms. The molecule has 100 valence electrons. The smallest absolute Gasteiger partial charge is 0.123 e. The van der Waals surface area contributed by atoms with Gasteiger partial charge in [-0.2, -0.15) is 0 Å². The highest BCUT2D eigenvalue weighted by Crippen LogP contribution is 2.30. The molecule has 2 nitrogen and oxygen atoms in total. The van der Waals surface area contributed by atoms with Crippen molar-refractivity contribution in [2.75, 3.05) is 0 Å². The van der Waals surface area contributed by atoms with Crippen LogP contribution in [0.2, 0.25) is 0 Å². The van der Waals surface area contributed by atoms with Crippen LogP contribution < -0.4 is 5.32 Å². The zero-order valence-electron chi connectivity index (χ0n) is 11.1. The first-order chi connectivity index (χ1) is 9.15. The van der Waals surface area contributed by atoms with Crippen LogP contribution in [0.4, 0.5) is 4.39 Å². The number of benzene rings is 1. The molecule has 2 aromatic rings. The second kappa shape index (κ2) is 6.68. The first-order valence-electron chi connectivity index (χ1n) is 6.25. The lowest BCUT2D eigenvalue weighted by molar-refractivity contribution is 0.576. The summed E-state index contributed by atoms with van der Waals surface area (Å²) in [4.78, 5) is 6.17. The minimum absolute atomic E-state index is 0.195. The largest absolute Gasteiger partial charge is 0.310 e. The Labute approximate surface area is 117 Å². The van der Waals surface area contributed by atoms with Gasteiger partial charge in [-0.3, -0.25) is 4.98 Å². The number of rotatable bonds is 5. The van der Waals surface area contributed by atoms with Crippen LogP contribution >= 0.6 is 11.8 Å². The van der Waals surface area contributed by atoms with E-state index >= 15 is 0 Å². The van der Waals surface area contributed by atoms with Gasteiger partial charge < -0.3 is 5.32 Å². The molecule has 1 heterocycles. The van der Waals surface area contributed by atoms with E-state index < -0.39 is 0 Å². The summed E-state index contributed by atoms with van der Waals surface area (Å²) in [6.45, 7) is 4.83. The molecule has 0 aliphatic carbocycles. The highest BCUT2D eigenvalue weighted by Gasteiger charge is 2.07. The van der Waals surface area contributed by atoms with E-state index in [2.05, 4.69) is 24.1 Å². The Kier molecular flexibility index (Phi) is 4.93. The molecule has 1 N–H and O–H groups in total. The van der Waals surface area contributed by atoms with Crippen LogP contribution in [0.5, 0.6) is 0 Å². The van der Waals surface area contributed by atoms with Crippen molar-refractivity contribution in [3.8, 4) is 0 Å². The van der Waals surface area contributed by atoms with E-state index in [1.807, 2.05) is 18.2 Å². The van der Waals surface area contributed by atoms with E-state index in [0.717, 1.165) is 15.4 Å². The van der Waals surface area contributed by atoms with Gasteiger partial charge in [0.25, 0.3) is 0 Å². The molecular formula is C15H17FN2S. The first-order valence-corrected chi connectivity index (χ1v) is 7.06. The lowest BCUT2D eigenvalue weighted by Gasteiger charge is -2.12. The van der Waals surface area contributed by atoms with Gasteiger partial charge in [-0.25, -0.2) is 4.39 Å². The van der Waals surface area contributed by atoms with Crippen molar-refractivity contribution in [2.24, 2.45) is 0 Å². The Hall–Kier alpha value is -1.39. The second-order valence-corrected chi connectivity index (χ2v) is 5.69. The average Bonchev–Trinajstić information content (AvgIpc) is 2.40. The van der Waals surface area contributed by atoms with Gasteiger partial charge in [0.2, 0.25) is 0 Å². The van der Waals surface area contributed by atoms with Crippen molar-refractivity contribution >= 4 is 11.8 Å². The monoisotopic (exact) mass is 276 g/mol. The summed E-state index contributed by atoms with van der Waals surface area (Å²) in [6, 6.07) is 9.21. The number of nitrogens with zero attached hydrogens (tertiary/aromatic N) is 1. The van der Waals surface area contributed by atoms with Gasteiger partial charge in [-0.15, -0.1) is 0 Å². The number of pyridine rings is 1. The SMILES string of the molecule is CC(C)NCc1cc(F)ccc1Sc1ccncc1. The fourth-order valence-electron chi connectivity index (χ4n) is 1.63. The predicted octanol–water partition coefficient (Wildman–Crippen LogP) is 3.87. The molecule has 0 fully saturated rings. The Morgan fingerprint density at radius 3 is 2.63 bits per heavy atom. The maximum atomic E-state index is 13.4. The third kappa shape index (κ3) is 4.33. The van der Waals surface area contributed by atoms with E-state index in [0.29, 0.717) is 12.6 Å². The third-order valence-electron chi connectivity index (χ3n) is 2.60. The summed E-state index contributed by atoms with van der Waals surface area (Å²) >= 11 is 1.63. The fraction of sp³-hybridized carbons (Fsp3) is 0.267. The van der Waals surface area contributed by atoms with Crippen molar-refractivity contribution in [1.29, 1.82) is 0 Å². The van der Waals surface area contributed by atoms with Gasteiger partial charge in [0.15, 0.2) is 0 Å². The van der Waals surface area contributed by atoms with Crippen molar-refractivity contribution in [2.45, 2.75) is 36.2 Å². The molecule has 0 spiro atoms. The highest BCUT2D eigenvalue weighted by molar-refractivity contribution is 7.99. The minimum atomic E-state index is -0.195. The zero-order valence-corrected chi connectivity index (χ0v) is 11.9. The maximum Gasteiger partial charge on any atom is 0.123 e. The van der Waals surface area contributed by atoms with Gasteiger partial charge in [0.05, 0.1) is 0 Å². The number of hydrogen-bond acceptors (Lipinski definition) is 3. The molecular weight excluding hydrogens is 259 g/mol. The van der Waals surface area contributed by atoms with Crippen LogP contribution in [0.3, 0.4) is 0 Å². The summed E-state index contributed by atoms with van der Waals surface area (Å²) in [5.74, 6) is -0.195. The molecule has 0 saturated carbocycles. The van der Waals surface area contributed by atoms with Gasteiger partial charge in [0.1, 0.15) is 5.82 Å². The predicted molar refractivity (Wildman–Crippen MR) is 76.7 cm³/mol. The molecule has 0 radical (unpaired) electrons. The second-order valence-electron chi connectivity index (χ2n) is 4.57. The van der Waals surface area contributed by atoms with E-state index in [1.54, 1.807) is 30.2 Å². The fourth-order valence-corrected chi connectivity index (χ4v) is 2.54. The molecule has 0 atom stereocenters. The van der Waals surface area contributed by atoms with E-state index in [4.69, 9.17) is 0 Å². The van der Waals surface area contributed by atoms with Crippen LogP contribution in [-0.2, 0) is 6.54 Å². The van der Waals surface area contributed by atoms with Crippen molar-refractivity contribution in [3.05, 3.63) is 54.1 Å². The number of nitrogens with one attached hydrogen (secondary N) is 1. The number of aromatic nitrogens is 1. The Balaban J connectivity index is 2.19. The molecule has 1 aromatic heterocycles. The van der Waals surface area contributed by atoms with Crippen LogP contribution in [0.25, 0.3) is 0 Å². The first kappa shape index (κ1) is 14.0. The Morgan fingerprint density at radius 2 is 1.95 bits per heavy atom. The molecule has 2 rings (SSSR count). The van der Waals surface area contributed by atoms with Crippen molar-refractivity contribution in [1.82, 2.24) is 10.3 Å². The van der Waals surface area contributed by atoms with Crippen LogP contribution in [-0.4, -0.2) is 11.0 Å². The zero-order chi connectivity index (χ0) is 13.7. The standard InChI is InChI=1S/C15H17FN2S/c1-11(2)18-10-12-9-13(16)3-4-15(12)19-14-5-7-17-8-6-14/h3-9,11,18H,10H2,1-2H3. The molecule has 0 aliphatic heterocycles. The molecule has 0 bridgehead atoms. The molecule has 19 heavy (non-hydrogen) atoms. The van der Waals surface area contributed by atoms with Gasteiger partial charge in [-0.05, 0) is 35.9 Å².